The Balaban J connectivity index is 2.13. The van der Waals surface area contributed by atoms with Crippen molar-refractivity contribution >= 4 is 32.6 Å². The third kappa shape index (κ3) is 1.82. The van der Waals surface area contributed by atoms with Crippen molar-refractivity contribution in [3.05, 3.63) is 34.4 Å². The number of H-pyrrole nitrogens is 1. The van der Waals surface area contributed by atoms with Crippen molar-refractivity contribution in [1.82, 2.24) is 4.98 Å². The number of rotatable bonds is 1. The average Bonchev–Trinajstić information content (AvgIpc) is 2.75. The highest BCUT2D eigenvalue weighted by Crippen LogP contribution is 2.37. The third-order valence-corrected chi connectivity index (χ3v) is 4.28. The van der Waals surface area contributed by atoms with Gasteiger partial charge in [-0.05, 0) is 30.5 Å². The topological polar surface area (TPSA) is 32.9 Å². The lowest BCUT2D eigenvalue weighted by Crippen LogP contribution is -2.16. The number of aromatic nitrogens is 1. The Morgan fingerprint density at radius 2 is 2.18 bits per heavy atom. The minimum Gasteiger partial charge on any atom is -0.361 e. The molecule has 0 spiro atoms. The molecule has 0 radical (unpaired) electrons. The first-order chi connectivity index (χ1) is 8.27. The average molecular weight is 292 g/mol. The van der Waals surface area contributed by atoms with E-state index in [1.54, 1.807) is 0 Å². The molecule has 1 heterocycles. The molecule has 88 valence electrons. The largest absolute Gasteiger partial charge is 0.361 e. The van der Waals surface area contributed by atoms with Gasteiger partial charge in [-0.2, -0.15) is 0 Å². The van der Waals surface area contributed by atoms with Crippen LogP contribution in [0.3, 0.4) is 0 Å². The number of ketones is 1. The zero-order chi connectivity index (χ0) is 11.8. The molecule has 1 unspecified atom stereocenters. The Kier molecular flexibility index (Phi) is 2.79. The molecule has 1 aliphatic rings. The minimum absolute atomic E-state index is 0.0937. The standard InChI is InChI=1S/C14H14BrNO/c15-11-5-3-6-12-14(11)10(8-16-12)9-4-1-2-7-13(9)17/h3,5-6,8-9,16H,1-2,4,7H2. The van der Waals surface area contributed by atoms with Gasteiger partial charge in [0, 0.05) is 33.9 Å². The smallest absolute Gasteiger partial charge is 0.140 e. The van der Waals surface area contributed by atoms with Crippen LogP contribution in [0.4, 0.5) is 0 Å². The maximum atomic E-state index is 12.0. The summed E-state index contributed by atoms with van der Waals surface area (Å²) in [5.74, 6) is 0.490. The van der Waals surface area contributed by atoms with Crippen LogP contribution >= 0.6 is 15.9 Å². The number of benzene rings is 1. The van der Waals surface area contributed by atoms with Crippen molar-refractivity contribution in [1.29, 1.82) is 0 Å². The predicted molar refractivity (Wildman–Crippen MR) is 72.2 cm³/mol. The van der Waals surface area contributed by atoms with Crippen molar-refractivity contribution in [2.75, 3.05) is 0 Å². The van der Waals surface area contributed by atoms with E-state index in [1.165, 1.54) is 5.39 Å². The zero-order valence-electron chi connectivity index (χ0n) is 9.50. The van der Waals surface area contributed by atoms with Crippen LogP contribution in [0, 0.1) is 0 Å². The van der Waals surface area contributed by atoms with Gasteiger partial charge in [0.1, 0.15) is 5.78 Å². The van der Waals surface area contributed by atoms with Gasteiger partial charge in [-0.15, -0.1) is 0 Å². The van der Waals surface area contributed by atoms with Crippen LogP contribution in [-0.4, -0.2) is 10.8 Å². The molecule has 0 bridgehead atoms. The van der Waals surface area contributed by atoms with Crippen molar-refractivity contribution in [3.8, 4) is 0 Å². The van der Waals surface area contributed by atoms with Crippen LogP contribution in [0.1, 0.15) is 37.2 Å². The van der Waals surface area contributed by atoms with E-state index in [4.69, 9.17) is 0 Å². The molecule has 2 aromatic rings. The summed E-state index contributed by atoms with van der Waals surface area (Å²) in [7, 11) is 0. The Labute approximate surface area is 109 Å². The predicted octanol–water partition coefficient (Wildman–Crippen LogP) is 4.16. The Hall–Kier alpha value is -1.09. The minimum atomic E-state index is 0.0937. The lowest BCUT2D eigenvalue weighted by molar-refractivity contribution is -0.121. The molecule has 0 amide bonds. The summed E-state index contributed by atoms with van der Waals surface area (Å²) in [6.45, 7) is 0. The second kappa shape index (κ2) is 4.30. The molecule has 1 aromatic heterocycles. The van der Waals surface area contributed by atoms with E-state index in [-0.39, 0.29) is 5.92 Å². The monoisotopic (exact) mass is 291 g/mol. The first-order valence-electron chi connectivity index (χ1n) is 6.05. The number of carbonyl (C=O) groups excluding carboxylic acids is 1. The molecule has 1 N–H and O–H groups in total. The first kappa shape index (κ1) is 11.0. The zero-order valence-corrected chi connectivity index (χ0v) is 11.1. The van der Waals surface area contributed by atoms with Crippen LogP contribution in [-0.2, 0) is 4.79 Å². The molecule has 0 aliphatic heterocycles. The second-order valence-corrected chi connectivity index (χ2v) is 5.53. The number of fused-ring (bicyclic) bond motifs is 1. The summed E-state index contributed by atoms with van der Waals surface area (Å²) in [6, 6.07) is 6.10. The van der Waals surface area contributed by atoms with Crippen molar-refractivity contribution in [2.45, 2.75) is 31.6 Å². The summed E-state index contributed by atoms with van der Waals surface area (Å²) in [5, 5.41) is 1.17. The molecule has 1 fully saturated rings. The van der Waals surface area contributed by atoms with Gasteiger partial charge < -0.3 is 4.98 Å². The molecule has 1 atom stereocenters. The maximum Gasteiger partial charge on any atom is 0.140 e. The van der Waals surface area contributed by atoms with Crippen molar-refractivity contribution in [3.63, 3.8) is 0 Å². The third-order valence-electron chi connectivity index (χ3n) is 3.62. The van der Waals surface area contributed by atoms with Gasteiger partial charge in [0.25, 0.3) is 0 Å². The molecular weight excluding hydrogens is 278 g/mol. The summed E-state index contributed by atoms with van der Waals surface area (Å²) >= 11 is 3.58. The van der Waals surface area contributed by atoms with Crippen LogP contribution in [0.2, 0.25) is 0 Å². The van der Waals surface area contributed by atoms with E-state index in [1.807, 2.05) is 18.3 Å². The maximum absolute atomic E-state index is 12.0. The van der Waals surface area contributed by atoms with Gasteiger partial charge >= 0.3 is 0 Å². The molecular formula is C14H14BrNO. The van der Waals surface area contributed by atoms with Gasteiger partial charge in [0.15, 0.2) is 0 Å². The number of halogens is 1. The lowest BCUT2D eigenvalue weighted by Gasteiger charge is -2.20. The fourth-order valence-corrected chi connectivity index (χ4v) is 3.35. The highest BCUT2D eigenvalue weighted by molar-refractivity contribution is 9.10. The second-order valence-electron chi connectivity index (χ2n) is 4.67. The number of hydrogen-bond acceptors (Lipinski definition) is 1. The van der Waals surface area contributed by atoms with E-state index in [2.05, 4.69) is 27.0 Å². The first-order valence-corrected chi connectivity index (χ1v) is 6.85. The van der Waals surface area contributed by atoms with E-state index in [9.17, 15) is 4.79 Å². The molecule has 0 saturated heterocycles. The highest BCUT2D eigenvalue weighted by atomic mass is 79.9. The Bertz CT molecular complexity index is 573. The quantitative estimate of drug-likeness (QED) is 0.841. The number of aromatic amines is 1. The van der Waals surface area contributed by atoms with Gasteiger partial charge in [0.2, 0.25) is 0 Å². The van der Waals surface area contributed by atoms with Gasteiger partial charge in [0.05, 0.1) is 0 Å². The van der Waals surface area contributed by atoms with Crippen LogP contribution in [0.25, 0.3) is 10.9 Å². The summed E-state index contributed by atoms with van der Waals surface area (Å²) < 4.78 is 1.07. The lowest BCUT2D eigenvalue weighted by atomic mass is 9.83. The van der Waals surface area contributed by atoms with Crippen LogP contribution in [0.5, 0.6) is 0 Å². The fraction of sp³-hybridized carbons (Fsp3) is 0.357. The fourth-order valence-electron chi connectivity index (χ4n) is 2.75. The van der Waals surface area contributed by atoms with Crippen LogP contribution in [0.15, 0.2) is 28.9 Å². The van der Waals surface area contributed by atoms with Crippen LogP contribution < -0.4 is 0 Å². The van der Waals surface area contributed by atoms with E-state index < -0.39 is 0 Å². The van der Waals surface area contributed by atoms with Gasteiger partial charge in [-0.3, -0.25) is 4.79 Å². The van der Waals surface area contributed by atoms with E-state index in [0.29, 0.717) is 5.78 Å². The number of carbonyl (C=O) groups is 1. The highest BCUT2D eigenvalue weighted by Gasteiger charge is 2.26. The number of Topliss-reactive ketones (excluding diaryl/α,β-unsaturated/α-hetero) is 1. The van der Waals surface area contributed by atoms with Gasteiger partial charge in [-0.25, -0.2) is 0 Å². The molecule has 1 aliphatic carbocycles. The molecule has 17 heavy (non-hydrogen) atoms. The molecule has 3 rings (SSSR count). The SMILES string of the molecule is O=C1CCCCC1c1c[nH]c2cccc(Br)c12. The number of nitrogens with one attached hydrogen (secondary N) is 1. The summed E-state index contributed by atoms with van der Waals surface area (Å²) in [4.78, 5) is 15.3. The Morgan fingerprint density at radius 3 is 3.00 bits per heavy atom. The van der Waals surface area contributed by atoms with E-state index in [0.717, 1.165) is 41.2 Å². The molecule has 2 nitrogen and oxygen atoms in total. The van der Waals surface area contributed by atoms with Gasteiger partial charge in [-0.1, -0.05) is 28.4 Å². The van der Waals surface area contributed by atoms with E-state index >= 15 is 0 Å². The molecule has 1 saturated carbocycles. The molecule has 1 aromatic carbocycles. The van der Waals surface area contributed by atoms with Crippen molar-refractivity contribution < 1.29 is 4.79 Å². The normalized spacial score (nSPS) is 21.0. The number of hydrogen-bond donors (Lipinski definition) is 1. The summed E-state index contributed by atoms with van der Waals surface area (Å²) in [6.07, 6.45) is 5.95. The van der Waals surface area contributed by atoms with Crippen molar-refractivity contribution in [2.24, 2.45) is 0 Å². The summed E-state index contributed by atoms with van der Waals surface area (Å²) in [5.41, 5.74) is 2.27. The molecule has 3 heteroatoms. The Morgan fingerprint density at radius 1 is 1.29 bits per heavy atom.